The van der Waals surface area contributed by atoms with Crippen LogP contribution in [0.2, 0.25) is 5.02 Å². The smallest absolute Gasteiger partial charge is 0.217 e. The van der Waals surface area contributed by atoms with Crippen molar-refractivity contribution in [3.63, 3.8) is 0 Å². The van der Waals surface area contributed by atoms with E-state index in [1.165, 1.54) is 42.4 Å². The Balaban J connectivity index is 1.79. The minimum Gasteiger partial charge on any atom is -0.478 e. The number of aryl methyl sites for hydroxylation is 3. The molecule has 0 aliphatic carbocycles. The van der Waals surface area contributed by atoms with Crippen LogP contribution in [0.15, 0.2) is 12.1 Å². The molecule has 1 aromatic carbocycles. The summed E-state index contributed by atoms with van der Waals surface area (Å²) in [6, 6.07) is 4.22. The maximum absolute atomic E-state index is 6.62. The maximum atomic E-state index is 6.62. The van der Waals surface area contributed by atoms with Gasteiger partial charge in [-0.1, -0.05) is 50.3 Å². The normalized spacial score (nSPS) is 13.7. The summed E-state index contributed by atoms with van der Waals surface area (Å²) in [6.07, 6.45) is 8.30. The van der Waals surface area contributed by atoms with E-state index in [-0.39, 0.29) is 0 Å². The molecular formula is C22H32ClN3O. The molecule has 27 heavy (non-hydrogen) atoms. The minimum atomic E-state index is 0.764. The van der Waals surface area contributed by atoms with Crippen LogP contribution in [0.3, 0.4) is 0 Å². The number of aromatic nitrogens is 2. The Hall–Kier alpha value is -1.68. The van der Waals surface area contributed by atoms with Gasteiger partial charge in [0.2, 0.25) is 5.88 Å². The molecule has 1 aromatic heterocycles. The molecule has 0 unspecified atom stereocenters. The van der Waals surface area contributed by atoms with Crippen LogP contribution < -0.4 is 9.64 Å². The van der Waals surface area contributed by atoms with Crippen LogP contribution in [0.1, 0.15) is 62.1 Å². The first-order valence-electron chi connectivity index (χ1n) is 10.3. The van der Waals surface area contributed by atoms with Gasteiger partial charge in [0.1, 0.15) is 0 Å². The standard InChI is InChI=1S/C22H32ClN3O/c1-5-6-7-8-9-13-27-22-18-11-10-12-26(21(18)24-25(22)4)20-17(3)14-16(2)15-19(20)23/h14-15H,5-13H2,1-4H3. The third-order valence-corrected chi connectivity index (χ3v) is 5.57. The lowest BCUT2D eigenvalue weighted by atomic mass is 10.0. The van der Waals surface area contributed by atoms with Crippen LogP contribution in [0.5, 0.6) is 5.88 Å². The number of ether oxygens (including phenoxy) is 1. The fourth-order valence-corrected chi connectivity index (χ4v) is 4.44. The zero-order valence-electron chi connectivity index (χ0n) is 17.1. The summed E-state index contributed by atoms with van der Waals surface area (Å²) in [4.78, 5) is 2.27. The number of hydrogen-bond acceptors (Lipinski definition) is 3. The van der Waals surface area contributed by atoms with E-state index in [0.29, 0.717) is 0 Å². The first-order chi connectivity index (χ1) is 13.0. The molecule has 4 nitrogen and oxygen atoms in total. The van der Waals surface area contributed by atoms with Gasteiger partial charge in [-0.2, -0.15) is 5.10 Å². The topological polar surface area (TPSA) is 30.3 Å². The fraction of sp³-hybridized carbons (Fsp3) is 0.591. The Bertz CT molecular complexity index is 761. The van der Waals surface area contributed by atoms with E-state index in [0.717, 1.165) is 54.8 Å². The highest BCUT2D eigenvalue weighted by Gasteiger charge is 2.28. The molecular weight excluding hydrogens is 358 g/mol. The molecule has 0 fully saturated rings. The van der Waals surface area contributed by atoms with Crippen molar-refractivity contribution in [2.45, 2.75) is 65.7 Å². The Morgan fingerprint density at radius 3 is 2.67 bits per heavy atom. The van der Waals surface area contributed by atoms with E-state index in [2.05, 4.69) is 31.7 Å². The average molecular weight is 390 g/mol. The number of anilines is 2. The quantitative estimate of drug-likeness (QED) is 0.509. The van der Waals surface area contributed by atoms with Gasteiger partial charge in [-0.05, 0) is 50.3 Å². The lowest BCUT2D eigenvalue weighted by molar-refractivity contribution is 0.276. The molecule has 0 bridgehead atoms. The van der Waals surface area contributed by atoms with Crippen molar-refractivity contribution in [1.29, 1.82) is 0 Å². The van der Waals surface area contributed by atoms with Crippen LogP contribution in [-0.2, 0) is 13.5 Å². The molecule has 5 heteroatoms. The second kappa shape index (κ2) is 9.01. The average Bonchev–Trinajstić information content (AvgIpc) is 2.93. The predicted octanol–water partition coefficient (Wildman–Crippen LogP) is 6.12. The van der Waals surface area contributed by atoms with E-state index in [1.54, 1.807) is 0 Å². The number of nitrogens with zero attached hydrogens (tertiary/aromatic N) is 3. The van der Waals surface area contributed by atoms with Crippen molar-refractivity contribution < 1.29 is 4.74 Å². The molecule has 0 N–H and O–H groups in total. The summed E-state index contributed by atoms with van der Waals surface area (Å²) in [5, 5.41) is 5.60. The van der Waals surface area contributed by atoms with Crippen molar-refractivity contribution in [3.05, 3.63) is 33.8 Å². The molecule has 0 saturated carbocycles. The third kappa shape index (κ3) is 4.43. The van der Waals surface area contributed by atoms with Gasteiger partial charge >= 0.3 is 0 Å². The molecule has 0 atom stereocenters. The zero-order valence-corrected chi connectivity index (χ0v) is 17.9. The van der Waals surface area contributed by atoms with Gasteiger partial charge in [0.05, 0.1) is 22.9 Å². The summed E-state index contributed by atoms with van der Waals surface area (Å²) < 4.78 is 8.06. The molecule has 0 radical (unpaired) electrons. The molecule has 0 saturated heterocycles. The molecule has 148 valence electrons. The monoisotopic (exact) mass is 389 g/mol. The lowest BCUT2D eigenvalue weighted by Crippen LogP contribution is -2.25. The molecule has 2 heterocycles. The van der Waals surface area contributed by atoms with Crippen LogP contribution in [0.25, 0.3) is 0 Å². The van der Waals surface area contributed by atoms with Crippen LogP contribution >= 0.6 is 11.6 Å². The lowest BCUT2D eigenvalue weighted by Gasteiger charge is -2.30. The Morgan fingerprint density at radius 1 is 1.15 bits per heavy atom. The number of unbranched alkanes of at least 4 members (excludes halogenated alkanes) is 4. The van der Waals surface area contributed by atoms with Crippen LogP contribution in [0, 0.1) is 13.8 Å². The summed E-state index contributed by atoms with van der Waals surface area (Å²) in [5.41, 5.74) is 4.67. The second-order valence-electron chi connectivity index (χ2n) is 7.66. The Morgan fingerprint density at radius 2 is 1.93 bits per heavy atom. The zero-order chi connectivity index (χ0) is 19.4. The van der Waals surface area contributed by atoms with Crippen molar-refractivity contribution >= 4 is 23.1 Å². The van der Waals surface area contributed by atoms with E-state index in [1.807, 2.05) is 17.8 Å². The van der Waals surface area contributed by atoms with Crippen LogP contribution in [-0.4, -0.2) is 22.9 Å². The van der Waals surface area contributed by atoms with Crippen molar-refractivity contribution in [1.82, 2.24) is 9.78 Å². The van der Waals surface area contributed by atoms with E-state index < -0.39 is 0 Å². The highest BCUT2D eigenvalue weighted by Crippen LogP contribution is 2.42. The number of benzene rings is 1. The van der Waals surface area contributed by atoms with Gasteiger partial charge in [-0.15, -0.1) is 0 Å². The maximum Gasteiger partial charge on any atom is 0.217 e. The number of rotatable bonds is 8. The highest BCUT2D eigenvalue weighted by atomic mass is 35.5. The second-order valence-corrected chi connectivity index (χ2v) is 8.07. The summed E-state index contributed by atoms with van der Waals surface area (Å²) in [5.74, 6) is 1.92. The van der Waals surface area contributed by atoms with Gasteiger partial charge in [-0.25, -0.2) is 4.68 Å². The van der Waals surface area contributed by atoms with Gasteiger partial charge in [0.25, 0.3) is 0 Å². The third-order valence-electron chi connectivity index (χ3n) is 5.29. The van der Waals surface area contributed by atoms with Gasteiger partial charge in [-0.3, -0.25) is 0 Å². The molecule has 0 amide bonds. The van der Waals surface area contributed by atoms with Crippen molar-refractivity contribution in [3.8, 4) is 5.88 Å². The van der Waals surface area contributed by atoms with E-state index >= 15 is 0 Å². The molecule has 2 aromatic rings. The summed E-state index contributed by atoms with van der Waals surface area (Å²) in [6.45, 7) is 8.15. The number of halogens is 1. The Labute approximate surface area is 168 Å². The predicted molar refractivity (Wildman–Crippen MR) is 114 cm³/mol. The highest BCUT2D eigenvalue weighted by molar-refractivity contribution is 6.33. The van der Waals surface area contributed by atoms with E-state index in [9.17, 15) is 0 Å². The number of fused-ring (bicyclic) bond motifs is 1. The fourth-order valence-electron chi connectivity index (χ4n) is 4.02. The minimum absolute atomic E-state index is 0.764. The summed E-state index contributed by atoms with van der Waals surface area (Å²) >= 11 is 6.62. The first kappa shape index (κ1) is 20.1. The van der Waals surface area contributed by atoms with Gasteiger partial charge < -0.3 is 9.64 Å². The number of hydrogen-bond donors (Lipinski definition) is 0. The summed E-state index contributed by atoms with van der Waals surface area (Å²) in [7, 11) is 1.98. The molecule has 0 spiro atoms. The largest absolute Gasteiger partial charge is 0.478 e. The van der Waals surface area contributed by atoms with Crippen molar-refractivity contribution in [2.24, 2.45) is 7.05 Å². The Kier molecular flexibility index (Phi) is 6.69. The van der Waals surface area contributed by atoms with Crippen LogP contribution in [0.4, 0.5) is 11.5 Å². The first-order valence-corrected chi connectivity index (χ1v) is 10.6. The molecule has 1 aliphatic rings. The van der Waals surface area contributed by atoms with Gasteiger partial charge in [0.15, 0.2) is 5.82 Å². The molecule has 3 rings (SSSR count). The molecule has 1 aliphatic heterocycles. The van der Waals surface area contributed by atoms with E-state index in [4.69, 9.17) is 21.4 Å². The van der Waals surface area contributed by atoms with Crippen molar-refractivity contribution in [2.75, 3.05) is 18.1 Å². The van der Waals surface area contributed by atoms with Gasteiger partial charge in [0, 0.05) is 13.6 Å². The SMILES string of the molecule is CCCCCCCOc1c2c(nn1C)N(c1c(C)cc(C)cc1Cl)CCC2.